The monoisotopic (exact) mass is 1590 g/mol. The van der Waals surface area contributed by atoms with E-state index in [1.165, 1.54) is 21.3 Å². The van der Waals surface area contributed by atoms with Crippen LogP contribution in [0.1, 0.15) is 109 Å². The van der Waals surface area contributed by atoms with Crippen molar-refractivity contribution in [3.8, 4) is 68.3 Å². The van der Waals surface area contributed by atoms with E-state index in [4.69, 9.17) is 28.4 Å². The predicted octanol–water partition coefficient (Wildman–Crippen LogP) is 9.51. The van der Waals surface area contributed by atoms with E-state index in [1.807, 2.05) is 166 Å². The van der Waals surface area contributed by atoms with E-state index >= 15 is 0 Å². The van der Waals surface area contributed by atoms with Crippen LogP contribution in [0.3, 0.4) is 0 Å². The Kier molecular flexibility index (Phi) is 35.0. The fourth-order valence-electron chi connectivity index (χ4n) is 12.0. The van der Waals surface area contributed by atoms with Crippen molar-refractivity contribution in [1.29, 1.82) is 0 Å². The lowest BCUT2D eigenvalue weighted by Crippen LogP contribution is -2.49. The lowest BCUT2D eigenvalue weighted by molar-refractivity contribution is -0.141. The highest BCUT2D eigenvalue weighted by molar-refractivity contribution is 6.00. The van der Waals surface area contributed by atoms with E-state index < -0.39 is 71.5 Å². The molecule has 9 rings (SSSR count). The largest absolute Gasteiger partial charge is 0.496 e. The number of hydrogen-bond donors (Lipinski definition) is 6. The van der Waals surface area contributed by atoms with E-state index in [1.54, 1.807) is 74.9 Å². The molecule has 0 saturated carbocycles. The van der Waals surface area contributed by atoms with Crippen LogP contribution in [-0.4, -0.2) is 184 Å². The fourth-order valence-corrected chi connectivity index (χ4v) is 12.0. The molecule has 116 heavy (non-hydrogen) atoms. The van der Waals surface area contributed by atoms with E-state index in [9.17, 15) is 43.2 Å². The number of esters is 3. The first-order valence-corrected chi connectivity index (χ1v) is 37.7. The maximum absolute atomic E-state index is 13.5. The van der Waals surface area contributed by atoms with Gasteiger partial charge in [-0.15, -0.1) is 0 Å². The summed E-state index contributed by atoms with van der Waals surface area (Å²) in [7, 11) is 13.1. The molecule has 6 N–H and O–H groups in total. The summed E-state index contributed by atoms with van der Waals surface area (Å²) in [4.78, 5) is 114. The lowest BCUT2D eigenvalue weighted by Gasteiger charge is -2.21. The van der Waals surface area contributed by atoms with Crippen molar-refractivity contribution in [3.05, 3.63) is 198 Å². The lowest BCUT2D eigenvalue weighted by atomic mass is 10.0. The maximum Gasteiger partial charge on any atom is 0.325 e. The molecule has 5 atom stereocenters. The summed E-state index contributed by atoms with van der Waals surface area (Å²) in [6.07, 6.45) is 1.58. The van der Waals surface area contributed by atoms with Crippen molar-refractivity contribution in [1.82, 2.24) is 61.2 Å². The van der Waals surface area contributed by atoms with Crippen LogP contribution >= 0.6 is 0 Å². The Morgan fingerprint density at radius 3 is 0.922 bits per heavy atom. The third-order valence-corrected chi connectivity index (χ3v) is 18.7. The summed E-state index contributed by atoms with van der Waals surface area (Å²) in [5, 5.41) is 29.8. The van der Waals surface area contributed by atoms with Crippen molar-refractivity contribution in [2.45, 2.75) is 111 Å². The zero-order valence-corrected chi connectivity index (χ0v) is 68.5. The molecule has 0 saturated heterocycles. The topological polar surface area (TPSA) is 362 Å². The quantitative estimate of drug-likeness (QED) is 0.0156. The Hall–Kier alpha value is -13.0. The molecule has 6 aromatic carbocycles. The molecule has 2 unspecified atom stereocenters. The normalized spacial score (nSPS) is 12.1. The van der Waals surface area contributed by atoms with Crippen molar-refractivity contribution in [2.75, 3.05) is 83.6 Å². The molecule has 0 fully saturated rings. The minimum atomic E-state index is -0.957. The molecule has 0 radical (unpaired) electrons. The minimum Gasteiger partial charge on any atom is -0.496 e. The number of carbonyl (C=O) groups excluding carboxylic acids is 9. The Morgan fingerprint density at radius 1 is 0.362 bits per heavy atom. The molecule has 6 amide bonds. The van der Waals surface area contributed by atoms with Gasteiger partial charge in [-0.1, -0.05) is 157 Å². The summed E-state index contributed by atoms with van der Waals surface area (Å²) in [5.74, 6) is -0.725. The molecule has 3 heterocycles. The van der Waals surface area contributed by atoms with Crippen molar-refractivity contribution in [2.24, 2.45) is 17.8 Å². The van der Waals surface area contributed by atoms with Gasteiger partial charge >= 0.3 is 17.9 Å². The third kappa shape index (κ3) is 25.2. The van der Waals surface area contributed by atoms with Crippen LogP contribution in [0, 0.1) is 17.8 Å². The molecule has 618 valence electrons. The molecule has 30 heteroatoms. The smallest absolute Gasteiger partial charge is 0.325 e. The molecule has 0 spiro atoms. The van der Waals surface area contributed by atoms with Crippen LogP contribution < -0.4 is 60.3 Å². The zero-order valence-electron chi connectivity index (χ0n) is 68.5. The number of methoxy groups -OCH3 is 9. The van der Waals surface area contributed by atoms with Gasteiger partial charge in [0, 0.05) is 32.4 Å². The van der Waals surface area contributed by atoms with E-state index in [0.717, 1.165) is 23.1 Å². The third-order valence-electron chi connectivity index (χ3n) is 18.7. The number of ether oxygens (including phenoxy) is 9. The summed E-state index contributed by atoms with van der Waals surface area (Å²) in [5.41, 5.74) is 6.89. The first-order valence-electron chi connectivity index (χ1n) is 37.7. The Balaban J connectivity index is 0.000000241. The van der Waals surface area contributed by atoms with Gasteiger partial charge in [-0.3, -0.25) is 57.2 Å². The number of rotatable bonds is 37. The summed E-state index contributed by atoms with van der Waals surface area (Å²) in [6, 6.07) is 46.3. The highest BCUT2D eigenvalue weighted by Crippen LogP contribution is 2.42. The van der Waals surface area contributed by atoms with E-state index in [-0.39, 0.29) is 79.8 Å². The first kappa shape index (κ1) is 90.2. The average molecular weight is 1600 g/mol. The standard InChI is InChI=1S/2C29H36N4O6.C28H34N4O6/c1-18(2)19(3)33-23(27-24(37-4)13-10-14-25(27)38-5)16-22(32-33)29(36)31-21(15-20-11-8-7-9-12-20)28(35)30-17-26(34)39-6;1-6-19(2)18-33-23(27-24(37-3)13-10-14-25(27)38-4)16-22(32-33)29(36)31-21(15-20-11-8-7-9-12-20)28(35)30-17-26(34)39-5;1-18(2)17-32-22(26-23(36-3)12-9-13-24(26)37-4)15-21(31-32)28(35)30-20(14-19-10-7-6-8-11-19)27(34)29-16-25(33)38-5/h7-14,16,18-19,21H,15,17H2,1-6H3,(H,30,35)(H,31,36);7-14,16,19,21H,6,15,17-18H2,1-5H3,(H,30,35)(H,31,36);6-13,15,18,20H,14,16-17H2,1-5H3,(H,29,34)(H,30,35)/t2*19?,21-;20-/m000/s1. The molecule has 0 aliphatic heterocycles. The highest BCUT2D eigenvalue weighted by atomic mass is 16.5. The minimum absolute atomic E-state index is 0.0698. The molecular formula is C86H106N12O18. The Bertz CT molecular complexity index is 4690. The van der Waals surface area contributed by atoms with Gasteiger partial charge in [-0.25, -0.2) is 0 Å². The van der Waals surface area contributed by atoms with Gasteiger partial charge in [-0.2, -0.15) is 15.3 Å². The van der Waals surface area contributed by atoms with Gasteiger partial charge in [0.05, 0.1) is 104 Å². The number of nitrogens with zero attached hydrogens (tertiary/aromatic N) is 6. The molecule has 30 nitrogen and oxygen atoms in total. The zero-order chi connectivity index (χ0) is 84.5. The summed E-state index contributed by atoms with van der Waals surface area (Å²) >= 11 is 0. The predicted molar refractivity (Wildman–Crippen MR) is 435 cm³/mol. The number of hydrogen-bond acceptors (Lipinski definition) is 21. The molecule has 0 bridgehead atoms. The van der Waals surface area contributed by atoms with E-state index in [2.05, 4.69) is 89.1 Å². The van der Waals surface area contributed by atoms with Crippen LogP contribution in [0.15, 0.2) is 164 Å². The first-order chi connectivity index (χ1) is 55.8. The van der Waals surface area contributed by atoms with Gasteiger partial charge in [0.2, 0.25) is 17.7 Å². The number of aromatic nitrogens is 6. The van der Waals surface area contributed by atoms with Gasteiger partial charge in [0.25, 0.3) is 17.7 Å². The Labute approximate surface area is 675 Å². The highest BCUT2D eigenvalue weighted by Gasteiger charge is 2.32. The van der Waals surface area contributed by atoms with Crippen molar-refractivity contribution >= 4 is 53.4 Å². The number of benzene rings is 6. The van der Waals surface area contributed by atoms with Crippen LogP contribution in [0.4, 0.5) is 0 Å². The average Bonchev–Trinajstić information content (AvgIpc) is 1.63. The van der Waals surface area contributed by atoms with Gasteiger partial charge in [0.1, 0.15) is 72.3 Å². The molecule has 3 aromatic heterocycles. The molecule has 0 aliphatic rings. The number of carbonyl (C=O) groups is 9. The number of amides is 6. The van der Waals surface area contributed by atoms with Crippen molar-refractivity contribution < 1.29 is 85.8 Å². The molecular weight excluding hydrogens is 1490 g/mol. The SMILES string of the molecule is CCC(C)Cn1nc(C(=O)N[C@@H](Cc2ccccc2)C(=O)NCC(=O)OC)cc1-c1c(OC)cccc1OC.COC(=O)CNC(=O)[C@H](Cc1ccccc1)NC(=O)c1cc(-c2c(OC)cccc2OC)n(C(C)C(C)C)n1.COC(=O)CNC(=O)[C@H](Cc1ccccc1)NC(=O)c1cc(-c2c(OC)cccc2OC)n(CC(C)C)n1. The summed E-state index contributed by atoms with van der Waals surface area (Å²) in [6.45, 7) is 14.6. The van der Waals surface area contributed by atoms with Crippen molar-refractivity contribution in [3.63, 3.8) is 0 Å². The van der Waals surface area contributed by atoms with Gasteiger partial charge in [0.15, 0.2) is 17.1 Å². The van der Waals surface area contributed by atoms with Crippen LogP contribution in [0.2, 0.25) is 0 Å². The van der Waals surface area contributed by atoms with Crippen LogP contribution in [-0.2, 0) is 75.3 Å². The fraction of sp³-hybridized carbons (Fsp3) is 0.372. The molecule has 0 aliphatic carbocycles. The number of nitrogens with one attached hydrogen (secondary N) is 6. The second-order valence-corrected chi connectivity index (χ2v) is 27.6. The van der Waals surface area contributed by atoms with Gasteiger partial charge < -0.3 is 74.5 Å². The summed E-state index contributed by atoms with van der Waals surface area (Å²) < 4.78 is 52.7. The van der Waals surface area contributed by atoms with E-state index in [0.29, 0.717) is 81.4 Å². The van der Waals surface area contributed by atoms with Crippen LogP contribution in [0.5, 0.6) is 34.5 Å². The second-order valence-electron chi connectivity index (χ2n) is 27.6. The second kappa shape index (κ2) is 45.0. The Morgan fingerprint density at radius 2 is 0.647 bits per heavy atom. The maximum atomic E-state index is 13.5. The van der Waals surface area contributed by atoms with Crippen LogP contribution in [0.25, 0.3) is 33.8 Å². The van der Waals surface area contributed by atoms with Gasteiger partial charge in [-0.05, 0) is 96.0 Å². The molecule has 9 aromatic rings.